The lowest BCUT2D eigenvalue weighted by Gasteiger charge is -2.23. The predicted molar refractivity (Wildman–Crippen MR) is 121 cm³/mol. The fraction of sp³-hybridized carbons (Fsp3) is 0.167. The first-order valence-electron chi connectivity index (χ1n) is 9.82. The fourth-order valence-corrected chi connectivity index (χ4v) is 3.65. The highest BCUT2D eigenvalue weighted by molar-refractivity contribution is 7.80. The van der Waals surface area contributed by atoms with Crippen molar-refractivity contribution in [3.8, 4) is 11.5 Å². The van der Waals surface area contributed by atoms with E-state index in [9.17, 15) is 4.79 Å². The van der Waals surface area contributed by atoms with Crippen molar-refractivity contribution < 1.29 is 18.7 Å². The summed E-state index contributed by atoms with van der Waals surface area (Å²) in [4.78, 5) is 14.5. The van der Waals surface area contributed by atoms with Crippen molar-refractivity contribution in [3.05, 3.63) is 89.5 Å². The molecule has 1 saturated heterocycles. The molecule has 1 aliphatic heterocycles. The van der Waals surface area contributed by atoms with Gasteiger partial charge in [0.25, 0.3) is 5.91 Å². The topological polar surface area (TPSA) is 63.9 Å². The van der Waals surface area contributed by atoms with Crippen molar-refractivity contribution in [3.63, 3.8) is 0 Å². The van der Waals surface area contributed by atoms with Gasteiger partial charge in [0.05, 0.1) is 13.2 Å². The molecule has 0 saturated carbocycles. The van der Waals surface area contributed by atoms with Gasteiger partial charge in [-0.05, 0) is 61.1 Å². The van der Waals surface area contributed by atoms with Gasteiger partial charge in [-0.1, -0.05) is 30.3 Å². The van der Waals surface area contributed by atoms with Crippen molar-refractivity contribution in [2.24, 2.45) is 0 Å². The first-order valence-corrected chi connectivity index (χ1v) is 10.2. The van der Waals surface area contributed by atoms with Crippen LogP contribution in [-0.4, -0.2) is 23.0 Å². The zero-order valence-electron chi connectivity index (χ0n) is 17.2. The van der Waals surface area contributed by atoms with E-state index < -0.39 is 0 Å². The van der Waals surface area contributed by atoms with Gasteiger partial charge in [0, 0.05) is 6.08 Å². The highest BCUT2D eigenvalue weighted by Gasteiger charge is 2.35. The zero-order chi connectivity index (χ0) is 21.8. The fourth-order valence-electron chi connectivity index (χ4n) is 3.30. The molecule has 1 atom stereocenters. The Kier molecular flexibility index (Phi) is 6.04. The normalized spacial score (nSPS) is 15.8. The van der Waals surface area contributed by atoms with Gasteiger partial charge in [0.1, 0.15) is 35.3 Å². The summed E-state index contributed by atoms with van der Waals surface area (Å²) in [7, 11) is 1.62. The Hall–Kier alpha value is -3.58. The summed E-state index contributed by atoms with van der Waals surface area (Å²) in [6, 6.07) is 20.5. The third-order valence-corrected chi connectivity index (χ3v) is 5.29. The number of hydrogen-bond donors (Lipinski definition) is 1. The summed E-state index contributed by atoms with van der Waals surface area (Å²) in [6.07, 6.45) is 1.66. The maximum Gasteiger partial charge on any atom is 0.277 e. The van der Waals surface area contributed by atoms with Crippen molar-refractivity contribution in [2.75, 3.05) is 7.11 Å². The summed E-state index contributed by atoms with van der Waals surface area (Å²) < 4.78 is 16.7. The van der Waals surface area contributed by atoms with Gasteiger partial charge >= 0.3 is 0 Å². The van der Waals surface area contributed by atoms with Crippen molar-refractivity contribution in [1.29, 1.82) is 0 Å². The van der Waals surface area contributed by atoms with Gasteiger partial charge in [0.15, 0.2) is 5.11 Å². The lowest BCUT2D eigenvalue weighted by molar-refractivity contribution is -0.123. The number of nitrogens with one attached hydrogen (secondary N) is 1. The van der Waals surface area contributed by atoms with Crippen LogP contribution in [-0.2, 0) is 11.4 Å². The monoisotopic (exact) mass is 434 g/mol. The summed E-state index contributed by atoms with van der Waals surface area (Å²) in [5.74, 6) is 2.47. The maximum atomic E-state index is 12.9. The zero-order valence-corrected chi connectivity index (χ0v) is 18.0. The van der Waals surface area contributed by atoms with Crippen LogP contribution >= 0.6 is 12.2 Å². The molecule has 7 heteroatoms. The van der Waals surface area contributed by atoms with E-state index in [2.05, 4.69) is 5.32 Å². The average Bonchev–Trinajstić information content (AvgIpc) is 3.36. The number of furan rings is 1. The van der Waals surface area contributed by atoms with E-state index in [1.54, 1.807) is 24.2 Å². The van der Waals surface area contributed by atoms with Crippen LogP contribution in [0.5, 0.6) is 11.5 Å². The van der Waals surface area contributed by atoms with E-state index in [1.807, 2.05) is 67.6 Å². The summed E-state index contributed by atoms with van der Waals surface area (Å²) in [6.45, 7) is 2.22. The van der Waals surface area contributed by atoms with Gasteiger partial charge in [-0.2, -0.15) is 0 Å². The van der Waals surface area contributed by atoms with Crippen LogP contribution in [0.1, 0.15) is 30.0 Å². The van der Waals surface area contributed by atoms with E-state index in [0.717, 1.165) is 11.3 Å². The van der Waals surface area contributed by atoms with Crippen LogP contribution < -0.4 is 14.8 Å². The smallest absolute Gasteiger partial charge is 0.277 e. The predicted octanol–water partition coefficient (Wildman–Crippen LogP) is 4.69. The molecule has 0 spiro atoms. The van der Waals surface area contributed by atoms with E-state index >= 15 is 0 Å². The average molecular weight is 435 g/mol. The van der Waals surface area contributed by atoms with E-state index in [4.69, 9.17) is 26.1 Å². The number of nitrogens with zero attached hydrogens (tertiary/aromatic N) is 1. The standard InChI is InChI=1S/C24H22N2O4S/c1-16(17-6-4-3-5-7-17)26-23(27)22(25-24(26)31)14-20-12-13-21(30-20)15-29-19-10-8-18(28-2)9-11-19/h3-14,16H,15H2,1-2H3,(H,25,31)/b22-14-. The molecule has 1 unspecified atom stereocenters. The molecule has 158 valence electrons. The van der Waals surface area contributed by atoms with Crippen LogP contribution in [0.2, 0.25) is 0 Å². The number of amides is 1. The molecule has 1 N–H and O–H groups in total. The second-order valence-electron chi connectivity index (χ2n) is 7.02. The largest absolute Gasteiger partial charge is 0.497 e. The van der Waals surface area contributed by atoms with E-state index in [-0.39, 0.29) is 18.6 Å². The molecule has 2 aromatic carbocycles. The minimum atomic E-state index is -0.186. The Morgan fingerprint density at radius 1 is 1.06 bits per heavy atom. The molecule has 3 aromatic rings. The number of ether oxygens (including phenoxy) is 2. The van der Waals surface area contributed by atoms with Gasteiger partial charge in [-0.15, -0.1) is 0 Å². The lowest BCUT2D eigenvalue weighted by Crippen LogP contribution is -2.33. The second-order valence-corrected chi connectivity index (χ2v) is 7.40. The highest BCUT2D eigenvalue weighted by atomic mass is 32.1. The summed E-state index contributed by atoms with van der Waals surface area (Å²) >= 11 is 5.40. The molecule has 31 heavy (non-hydrogen) atoms. The molecular formula is C24H22N2O4S. The Labute approximate surface area is 186 Å². The van der Waals surface area contributed by atoms with Crippen LogP contribution in [0, 0.1) is 0 Å². The molecular weight excluding hydrogens is 412 g/mol. The quantitative estimate of drug-likeness (QED) is 0.430. The lowest BCUT2D eigenvalue weighted by atomic mass is 10.1. The Bertz CT molecular complexity index is 1110. The molecule has 1 fully saturated rings. The molecule has 0 aliphatic carbocycles. The molecule has 1 aromatic heterocycles. The molecule has 6 nitrogen and oxygen atoms in total. The van der Waals surface area contributed by atoms with Crippen LogP contribution in [0.4, 0.5) is 0 Å². The maximum absolute atomic E-state index is 12.9. The minimum Gasteiger partial charge on any atom is -0.497 e. The molecule has 1 aliphatic rings. The Balaban J connectivity index is 1.42. The Morgan fingerprint density at radius 3 is 2.48 bits per heavy atom. The van der Waals surface area contributed by atoms with Gasteiger partial charge in [0.2, 0.25) is 0 Å². The second kappa shape index (κ2) is 9.06. The SMILES string of the molecule is COc1ccc(OCc2ccc(/C=C3\NC(=S)N(C(C)c4ccccc4)C3=O)o2)cc1. The third kappa shape index (κ3) is 4.62. The molecule has 1 amide bonds. The van der Waals surface area contributed by atoms with Crippen LogP contribution in [0.15, 0.2) is 76.8 Å². The van der Waals surface area contributed by atoms with Crippen LogP contribution in [0.3, 0.4) is 0 Å². The van der Waals surface area contributed by atoms with E-state index in [1.165, 1.54) is 0 Å². The van der Waals surface area contributed by atoms with Gasteiger partial charge in [-0.3, -0.25) is 9.69 Å². The van der Waals surface area contributed by atoms with E-state index in [0.29, 0.717) is 28.1 Å². The number of rotatable bonds is 7. The summed E-state index contributed by atoms with van der Waals surface area (Å²) in [5, 5.41) is 3.37. The summed E-state index contributed by atoms with van der Waals surface area (Å²) in [5.41, 5.74) is 1.39. The first-order chi connectivity index (χ1) is 15.0. The Morgan fingerprint density at radius 2 is 1.77 bits per heavy atom. The number of benzene rings is 2. The molecule has 0 bridgehead atoms. The number of hydrogen-bond acceptors (Lipinski definition) is 5. The van der Waals surface area contributed by atoms with Crippen molar-refractivity contribution >= 4 is 29.3 Å². The number of methoxy groups -OCH3 is 1. The van der Waals surface area contributed by atoms with Crippen molar-refractivity contribution in [2.45, 2.75) is 19.6 Å². The van der Waals surface area contributed by atoms with Crippen LogP contribution in [0.25, 0.3) is 6.08 Å². The van der Waals surface area contributed by atoms with Crippen molar-refractivity contribution in [1.82, 2.24) is 10.2 Å². The molecule has 0 radical (unpaired) electrons. The number of carbonyl (C=O) groups excluding carboxylic acids is 1. The minimum absolute atomic E-state index is 0.176. The third-order valence-electron chi connectivity index (χ3n) is 4.99. The molecule has 4 rings (SSSR count). The highest BCUT2D eigenvalue weighted by Crippen LogP contribution is 2.26. The van der Waals surface area contributed by atoms with Gasteiger partial charge in [-0.25, -0.2) is 0 Å². The first kappa shape index (κ1) is 20.7. The molecule has 2 heterocycles. The van der Waals surface area contributed by atoms with Gasteiger partial charge < -0.3 is 19.2 Å². The number of carbonyl (C=O) groups is 1. The number of thiocarbonyl (C=S) groups is 1.